The Morgan fingerprint density at radius 3 is 2.44 bits per heavy atom. The molecule has 3 aromatic rings. The molecule has 0 saturated carbocycles. The van der Waals surface area contributed by atoms with Gasteiger partial charge in [-0.15, -0.1) is 0 Å². The Hall–Kier alpha value is -2.49. The molecule has 1 aliphatic heterocycles. The number of likely N-dealkylation sites (N-methyl/N-ethyl adjacent to an activating group) is 1. The molecule has 0 aromatic heterocycles. The first-order chi connectivity index (χ1) is 15.1. The third-order valence-corrected chi connectivity index (χ3v) is 7.07. The molecule has 0 amide bonds. The largest absolute Gasteiger partial charge is 0.488 e. The van der Waals surface area contributed by atoms with Crippen LogP contribution in [0, 0.1) is 0 Å². The number of hydrogen-bond acceptors (Lipinski definition) is 4. The van der Waals surface area contributed by atoms with Crippen LogP contribution in [0.25, 0.3) is 10.8 Å². The lowest BCUT2D eigenvalue weighted by molar-refractivity contribution is -0.138. The predicted octanol–water partition coefficient (Wildman–Crippen LogP) is 5.40. The highest BCUT2D eigenvalue weighted by Gasteiger charge is 2.39. The topological polar surface area (TPSA) is 58.6 Å². The van der Waals surface area contributed by atoms with Crippen LogP contribution in [0.15, 0.2) is 59.5 Å². The van der Waals surface area contributed by atoms with Gasteiger partial charge in [0, 0.05) is 28.9 Å². The molecule has 5 nitrogen and oxygen atoms in total. The van der Waals surface area contributed by atoms with E-state index < -0.39 is 39.3 Å². The number of nitrogens with zero attached hydrogens (tertiary/aromatic N) is 1. The van der Waals surface area contributed by atoms with Gasteiger partial charge in [-0.2, -0.15) is 13.2 Å². The normalized spacial score (nSPS) is 17.6. The number of fused-ring (bicyclic) bond motifs is 1. The van der Waals surface area contributed by atoms with Crippen molar-refractivity contribution in [3.8, 4) is 5.75 Å². The van der Waals surface area contributed by atoms with Crippen LogP contribution in [0.1, 0.15) is 12.0 Å². The van der Waals surface area contributed by atoms with E-state index in [1.165, 1.54) is 24.3 Å². The van der Waals surface area contributed by atoms with Crippen molar-refractivity contribution in [2.45, 2.75) is 23.6 Å². The first-order valence-corrected chi connectivity index (χ1v) is 11.7. The Morgan fingerprint density at radius 1 is 1.06 bits per heavy atom. The van der Waals surface area contributed by atoms with Crippen LogP contribution < -0.4 is 9.46 Å². The molecule has 1 heterocycles. The number of benzene rings is 3. The van der Waals surface area contributed by atoms with Crippen molar-refractivity contribution in [1.29, 1.82) is 0 Å². The number of alkyl halides is 3. The Labute approximate surface area is 188 Å². The Bertz CT molecular complexity index is 1270. The zero-order valence-corrected chi connectivity index (χ0v) is 18.6. The molecule has 1 aliphatic rings. The predicted molar refractivity (Wildman–Crippen MR) is 118 cm³/mol. The van der Waals surface area contributed by atoms with Gasteiger partial charge in [-0.25, -0.2) is 8.42 Å². The Kier molecular flexibility index (Phi) is 6.00. The molecule has 1 saturated heterocycles. The van der Waals surface area contributed by atoms with Crippen molar-refractivity contribution in [3.05, 3.63) is 65.2 Å². The van der Waals surface area contributed by atoms with E-state index in [4.69, 9.17) is 16.3 Å². The molecule has 10 heteroatoms. The fraction of sp³-hybridized carbons (Fsp3) is 0.273. The van der Waals surface area contributed by atoms with Gasteiger partial charge in [0.05, 0.1) is 10.6 Å². The average molecular weight is 485 g/mol. The lowest BCUT2D eigenvalue weighted by atomic mass is 10.1. The molecule has 1 fully saturated rings. The lowest BCUT2D eigenvalue weighted by Crippen LogP contribution is -2.24. The summed E-state index contributed by atoms with van der Waals surface area (Å²) in [4.78, 5) is 1.78. The lowest BCUT2D eigenvalue weighted by Gasteiger charge is -2.21. The number of halogens is 4. The summed E-state index contributed by atoms with van der Waals surface area (Å²) < 4.78 is 76.0. The van der Waals surface area contributed by atoms with Gasteiger partial charge in [-0.05, 0) is 37.7 Å². The molecule has 1 N–H and O–H groups in total. The summed E-state index contributed by atoms with van der Waals surface area (Å²) in [5, 5.41) is 1.13. The second-order valence-corrected chi connectivity index (χ2v) is 9.72. The van der Waals surface area contributed by atoms with Gasteiger partial charge >= 0.3 is 6.18 Å². The van der Waals surface area contributed by atoms with Crippen molar-refractivity contribution in [2.75, 3.05) is 24.9 Å². The van der Waals surface area contributed by atoms with Crippen molar-refractivity contribution < 1.29 is 26.3 Å². The molecule has 0 aliphatic carbocycles. The molecular formula is C22H20ClF3N2O3S. The fourth-order valence-corrected chi connectivity index (χ4v) is 5.39. The second kappa shape index (κ2) is 8.46. The minimum Gasteiger partial charge on any atom is -0.488 e. The van der Waals surface area contributed by atoms with Crippen LogP contribution in [0.3, 0.4) is 0 Å². The van der Waals surface area contributed by atoms with E-state index in [0.29, 0.717) is 35.3 Å². The van der Waals surface area contributed by atoms with Gasteiger partial charge in [-0.3, -0.25) is 4.72 Å². The Balaban J connectivity index is 1.76. The molecule has 1 atom stereocenters. The van der Waals surface area contributed by atoms with Crippen LogP contribution in [0.2, 0.25) is 5.02 Å². The third kappa shape index (κ3) is 4.51. The van der Waals surface area contributed by atoms with Crippen LogP contribution in [-0.2, 0) is 16.2 Å². The van der Waals surface area contributed by atoms with Crippen LogP contribution in [0.4, 0.5) is 18.9 Å². The fourth-order valence-electron chi connectivity index (χ4n) is 3.85. The van der Waals surface area contributed by atoms with E-state index >= 15 is 0 Å². The molecule has 170 valence electrons. The van der Waals surface area contributed by atoms with Crippen molar-refractivity contribution in [1.82, 2.24) is 4.90 Å². The van der Waals surface area contributed by atoms with E-state index in [0.717, 1.165) is 6.07 Å². The maximum absolute atomic E-state index is 14.0. The molecule has 0 unspecified atom stereocenters. The number of nitrogens with one attached hydrogen (secondary N) is 1. The third-order valence-electron chi connectivity index (χ3n) is 5.31. The number of ether oxygens (including phenoxy) is 1. The summed E-state index contributed by atoms with van der Waals surface area (Å²) in [5.41, 5.74) is -1.75. The number of hydrogen-bond donors (Lipinski definition) is 1. The van der Waals surface area contributed by atoms with Gasteiger partial charge in [0.1, 0.15) is 17.4 Å². The monoisotopic (exact) mass is 484 g/mol. The minimum absolute atomic E-state index is 0.172. The van der Waals surface area contributed by atoms with E-state index in [9.17, 15) is 21.6 Å². The van der Waals surface area contributed by atoms with E-state index in [1.807, 2.05) is 11.9 Å². The van der Waals surface area contributed by atoms with E-state index in [-0.39, 0.29) is 4.90 Å². The van der Waals surface area contributed by atoms with Gasteiger partial charge in [0.15, 0.2) is 0 Å². The highest BCUT2D eigenvalue weighted by molar-refractivity contribution is 7.93. The molecule has 3 aromatic carbocycles. The summed E-state index contributed by atoms with van der Waals surface area (Å²) in [6.07, 6.45) is -4.66. The average Bonchev–Trinajstić information content (AvgIpc) is 3.11. The zero-order chi connectivity index (χ0) is 23.1. The van der Waals surface area contributed by atoms with Gasteiger partial charge < -0.3 is 9.64 Å². The number of anilines is 1. The summed E-state index contributed by atoms with van der Waals surface area (Å²) in [7, 11) is -2.51. The second-order valence-electron chi connectivity index (χ2n) is 7.66. The molecular weight excluding hydrogens is 465 g/mol. The summed E-state index contributed by atoms with van der Waals surface area (Å²) in [6, 6.07) is 12.8. The van der Waals surface area contributed by atoms with E-state index in [1.54, 1.807) is 24.3 Å². The first kappa shape index (κ1) is 22.7. The number of rotatable bonds is 5. The van der Waals surface area contributed by atoms with Crippen molar-refractivity contribution in [3.63, 3.8) is 0 Å². The van der Waals surface area contributed by atoms with Crippen LogP contribution >= 0.6 is 11.6 Å². The molecule has 0 bridgehead atoms. The number of likely N-dealkylation sites (tertiary alicyclic amines) is 1. The quantitative estimate of drug-likeness (QED) is 0.527. The standard InChI is InChI=1S/C22H20ClF3N2O3S/c1-28-12-11-14(13-28)31-19-9-4-8-18(21(19)22(24,25)26)27-32(29,30)20-10-3-5-15-16(20)6-2-7-17(15)23/h2-10,14,27H,11-13H2,1H3/t14-/m1/s1. The summed E-state index contributed by atoms with van der Waals surface area (Å²) in [6.45, 7) is 1.20. The SMILES string of the molecule is CN1CC[C@@H](Oc2cccc(NS(=O)(=O)c3cccc4c(Cl)cccc34)c2C(F)(F)F)C1. The highest BCUT2D eigenvalue weighted by Crippen LogP contribution is 2.43. The maximum atomic E-state index is 14.0. The van der Waals surface area contributed by atoms with Crippen LogP contribution in [-0.4, -0.2) is 39.6 Å². The maximum Gasteiger partial charge on any atom is 0.421 e. The minimum atomic E-state index is -4.83. The van der Waals surface area contributed by atoms with Gasteiger partial charge in [0.2, 0.25) is 0 Å². The molecule has 4 rings (SSSR count). The smallest absolute Gasteiger partial charge is 0.421 e. The molecule has 0 radical (unpaired) electrons. The Morgan fingerprint density at radius 2 is 1.75 bits per heavy atom. The van der Waals surface area contributed by atoms with Gasteiger partial charge in [0.25, 0.3) is 10.0 Å². The summed E-state index contributed by atoms with van der Waals surface area (Å²) >= 11 is 6.15. The molecule has 32 heavy (non-hydrogen) atoms. The van der Waals surface area contributed by atoms with Crippen molar-refractivity contribution >= 4 is 38.1 Å². The number of sulfonamides is 1. The zero-order valence-electron chi connectivity index (χ0n) is 17.0. The first-order valence-electron chi connectivity index (χ1n) is 9.82. The highest BCUT2D eigenvalue weighted by atomic mass is 35.5. The summed E-state index contributed by atoms with van der Waals surface area (Å²) in [5.74, 6) is -0.404. The van der Waals surface area contributed by atoms with E-state index in [2.05, 4.69) is 4.72 Å². The van der Waals surface area contributed by atoms with Gasteiger partial charge in [-0.1, -0.05) is 41.9 Å². The van der Waals surface area contributed by atoms with Crippen LogP contribution in [0.5, 0.6) is 5.75 Å². The van der Waals surface area contributed by atoms with Crippen molar-refractivity contribution in [2.24, 2.45) is 0 Å². The molecule has 0 spiro atoms.